The van der Waals surface area contributed by atoms with Crippen molar-refractivity contribution in [2.75, 3.05) is 26.3 Å². The lowest BCUT2D eigenvalue weighted by atomic mass is 10.3. The number of benzene rings is 1. The minimum atomic E-state index is 0.464. The molecule has 1 saturated heterocycles. The normalized spacial score (nSPS) is 17.3. The summed E-state index contributed by atoms with van der Waals surface area (Å²) in [5, 5.41) is 1.09. The summed E-state index contributed by atoms with van der Waals surface area (Å²) in [4.78, 5) is 6.27. The van der Waals surface area contributed by atoms with Gasteiger partial charge in [0.15, 0.2) is 5.96 Å². The number of rotatable bonds is 1. The zero-order valence-electron chi connectivity index (χ0n) is 9.20. The number of nitrogens with zero attached hydrogens (tertiary/aromatic N) is 2. The Labute approximate surface area is 110 Å². The Hall–Kier alpha value is -0.970. The monoisotopic (exact) mass is 273 g/mol. The summed E-state index contributed by atoms with van der Waals surface area (Å²) < 4.78 is 5.24. The Morgan fingerprint density at radius 2 is 1.76 bits per heavy atom. The van der Waals surface area contributed by atoms with Crippen LogP contribution in [0.4, 0.5) is 5.69 Å². The first-order chi connectivity index (χ1) is 8.15. The van der Waals surface area contributed by atoms with Gasteiger partial charge in [0.05, 0.1) is 18.9 Å². The lowest BCUT2D eigenvalue weighted by Gasteiger charge is -2.27. The largest absolute Gasteiger partial charge is 0.378 e. The van der Waals surface area contributed by atoms with E-state index < -0.39 is 0 Å². The van der Waals surface area contributed by atoms with Crippen LogP contribution < -0.4 is 5.73 Å². The van der Waals surface area contributed by atoms with Gasteiger partial charge in [-0.15, -0.1) is 0 Å². The van der Waals surface area contributed by atoms with Crippen LogP contribution in [-0.2, 0) is 4.74 Å². The number of guanidine groups is 1. The molecule has 0 spiro atoms. The zero-order valence-corrected chi connectivity index (χ0v) is 10.7. The van der Waals surface area contributed by atoms with Crippen molar-refractivity contribution in [2.24, 2.45) is 10.7 Å². The second-order valence-electron chi connectivity index (χ2n) is 3.70. The molecule has 0 unspecified atom stereocenters. The molecule has 92 valence electrons. The van der Waals surface area contributed by atoms with Gasteiger partial charge in [-0.05, 0) is 18.2 Å². The van der Waals surface area contributed by atoms with Crippen LogP contribution in [0.15, 0.2) is 23.2 Å². The van der Waals surface area contributed by atoms with Crippen molar-refractivity contribution in [3.05, 3.63) is 28.2 Å². The van der Waals surface area contributed by atoms with Gasteiger partial charge >= 0.3 is 0 Å². The number of hydrogen-bond donors (Lipinski definition) is 1. The third kappa shape index (κ3) is 3.49. The number of hydrogen-bond acceptors (Lipinski definition) is 2. The average molecular weight is 274 g/mol. The molecule has 0 saturated carbocycles. The Balaban J connectivity index is 2.16. The molecule has 0 bridgehead atoms. The second-order valence-corrected chi connectivity index (χ2v) is 4.57. The lowest BCUT2D eigenvalue weighted by molar-refractivity contribution is 0.0675. The van der Waals surface area contributed by atoms with Crippen molar-refractivity contribution < 1.29 is 4.74 Å². The quantitative estimate of drug-likeness (QED) is 0.631. The van der Waals surface area contributed by atoms with Crippen LogP contribution in [0.2, 0.25) is 10.0 Å². The van der Waals surface area contributed by atoms with Gasteiger partial charge in [-0.25, -0.2) is 4.99 Å². The molecule has 17 heavy (non-hydrogen) atoms. The van der Waals surface area contributed by atoms with Gasteiger partial charge in [0, 0.05) is 23.1 Å². The van der Waals surface area contributed by atoms with E-state index in [0.717, 1.165) is 13.1 Å². The number of morpholine rings is 1. The van der Waals surface area contributed by atoms with Gasteiger partial charge in [0.1, 0.15) is 0 Å². The van der Waals surface area contributed by atoms with Gasteiger partial charge in [0.2, 0.25) is 0 Å². The maximum Gasteiger partial charge on any atom is 0.196 e. The highest BCUT2D eigenvalue weighted by Gasteiger charge is 2.12. The lowest BCUT2D eigenvalue weighted by Crippen LogP contribution is -2.44. The molecule has 0 radical (unpaired) electrons. The van der Waals surface area contributed by atoms with E-state index in [1.54, 1.807) is 18.2 Å². The molecule has 1 aromatic rings. The third-order valence-corrected chi connectivity index (χ3v) is 2.86. The van der Waals surface area contributed by atoms with Crippen molar-refractivity contribution >= 4 is 34.8 Å². The topological polar surface area (TPSA) is 50.8 Å². The van der Waals surface area contributed by atoms with Gasteiger partial charge in [-0.2, -0.15) is 0 Å². The van der Waals surface area contributed by atoms with Crippen LogP contribution in [0.5, 0.6) is 0 Å². The molecular formula is C11H13Cl2N3O. The molecule has 6 heteroatoms. The van der Waals surface area contributed by atoms with E-state index in [1.807, 2.05) is 4.90 Å². The Morgan fingerprint density at radius 3 is 2.35 bits per heavy atom. The summed E-state index contributed by atoms with van der Waals surface area (Å²) >= 11 is 11.8. The number of ether oxygens (including phenoxy) is 1. The first-order valence-corrected chi connectivity index (χ1v) is 6.04. The highest BCUT2D eigenvalue weighted by Crippen LogP contribution is 2.24. The second kappa shape index (κ2) is 5.58. The van der Waals surface area contributed by atoms with Crippen molar-refractivity contribution in [3.8, 4) is 0 Å². The molecule has 0 amide bonds. The van der Waals surface area contributed by atoms with Crippen LogP contribution in [0, 0.1) is 0 Å². The molecule has 1 aliphatic heterocycles. The molecule has 1 aromatic carbocycles. The molecule has 1 aliphatic rings. The maximum atomic E-state index is 5.91. The van der Waals surface area contributed by atoms with Crippen LogP contribution in [0.25, 0.3) is 0 Å². The van der Waals surface area contributed by atoms with E-state index in [-0.39, 0.29) is 0 Å². The van der Waals surface area contributed by atoms with E-state index in [4.69, 9.17) is 33.7 Å². The fraction of sp³-hybridized carbons (Fsp3) is 0.364. The minimum absolute atomic E-state index is 0.464. The fourth-order valence-corrected chi connectivity index (χ4v) is 2.11. The highest BCUT2D eigenvalue weighted by molar-refractivity contribution is 6.35. The van der Waals surface area contributed by atoms with Crippen molar-refractivity contribution in [1.29, 1.82) is 0 Å². The van der Waals surface area contributed by atoms with Crippen molar-refractivity contribution in [3.63, 3.8) is 0 Å². The molecule has 4 nitrogen and oxygen atoms in total. The average Bonchev–Trinajstić information content (AvgIpc) is 2.28. The summed E-state index contributed by atoms with van der Waals surface area (Å²) in [5.74, 6) is 0.464. The number of nitrogens with two attached hydrogens (primary N) is 1. The van der Waals surface area contributed by atoms with Crippen molar-refractivity contribution in [2.45, 2.75) is 0 Å². The predicted octanol–water partition coefficient (Wildman–Crippen LogP) is 2.27. The number of halogens is 2. The van der Waals surface area contributed by atoms with E-state index in [0.29, 0.717) is 34.9 Å². The summed E-state index contributed by atoms with van der Waals surface area (Å²) in [6, 6.07) is 5.11. The Bertz CT molecular complexity index is 410. The van der Waals surface area contributed by atoms with Gasteiger partial charge < -0.3 is 15.4 Å². The van der Waals surface area contributed by atoms with E-state index in [9.17, 15) is 0 Å². The van der Waals surface area contributed by atoms with E-state index in [1.165, 1.54) is 0 Å². The van der Waals surface area contributed by atoms with Gasteiger partial charge in [0.25, 0.3) is 0 Å². The first kappa shape index (κ1) is 12.5. The van der Waals surface area contributed by atoms with E-state index in [2.05, 4.69) is 4.99 Å². The number of aliphatic imine (C=N–C) groups is 1. The SMILES string of the molecule is NC(=Nc1cc(Cl)cc(Cl)c1)N1CCOCC1. The molecular weight excluding hydrogens is 261 g/mol. The molecule has 2 N–H and O–H groups in total. The van der Waals surface area contributed by atoms with Gasteiger partial charge in [-0.1, -0.05) is 23.2 Å². The Morgan fingerprint density at radius 1 is 1.18 bits per heavy atom. The fourth-order valence-electron chi connectivity index (χ4n) is 1.60. The molecule has 2 rings (SSSR count). The zero-order chi connectivity index (χ0) is 12.3. The molecule has 0 atom stereocenters. The maximum absolute atomic E-state index is 5.91. The summed E-state index contributed by atoms with van der Waals surface area (Å²) in [6.07, 6.45) is 0. The molecule has 0 aliphatic carbocycles. The first-order valence-electron chi connectivity index (χ1n) is 5.28. The van der Waals surface area contributed by atoms with E-state index >= 15 is 0 Å². The van der Waals surface area contributed by atoms with Crippen LogP contribution in [0.1, 0.15) is 0 Å². The standard InChI is InChI=1S/C11H13Cl2N3O/c12-8-5-9(13)7-10(6-8)15-11(14)16-1-3-17-4-2-16/h5-7H,1-4H2,(H2,14,15). The summed E-state index contributed by atoms with van der Waals surface area (Å²) in [6.45, 7) is 2.85. The molecule has 1 fully saturated rings. The Kier molecular flexibility index (Phi) is 4.10. The third-order valence-electron chi connectivity index (χ3n) is 2.43. The highest BCUT2D eigenvalue weighted by atomic mass is 35.5. The minimum Gasteiger partial charge on any atom is -0.378 e. The van der Waals surface area contributed by atoms with Crippen LogP contribution in [0.3, 0.4) is 0 Å². The smallest absolute Gasteiger partial charge is 0.196 e. The summed E-state index contributed by atoms with van der Waals surface area (Å²) in [5.41, 5.74) is 6.57. The van der Waals surface area contributed by atoms with Crippen LogP contribution >= 0.6 is 23.2 Å². The van der Waals surface area contributed by atoms with Gasteiger partial charge in [-0.3, -0.25) is 0 Å². The van der Waals surface area contributed by atoms with Crippen LogP contribution in [-0.4, -0.2) is 37.2 Å². The summed E-state index contributed by atoms with van der Waals surface area (Å²) in [7, 11) is 0. The van der Waals surface area contributed by atoms with Crippen molar-refractivity contribution in [1.82, 2.24) is 4.90 Å². The molecule has 0 aromatic heterocycles. The predicted molar refractivity (Wildman–Crippen MR) is 70.1 cm³/mol. The molecule has 1 heterocycles.